The van der Waals surface area contributed by atoms with Gasteiger partial charge in [-0.3, -0.25) is 4.98 Å². The van der Waals surface area contributed by atoms with Gasteiger partial charge in [-0.25, -0.2) is 13.1 Å². The van der Waals surface area contributed by atoms with Gasteiger partial charge in [0.05, 0.1) is 5.75 Å². The molecule has 1 rings (SSSR count). The lowest BCUT2D eigenvalue weighted by Crippen LogP contribution is -2.28. The normalized spacial score (nSPS) is 11.6. The lowest BCUT2D eigenvalue weighted by molar-refractivity contribution is 0.574. The summed E-state index contributed by atoms with van der Waals surface area (Å²) in [5.74, 6) is 0.162. The van der Waals surface area contributed by atoms with Crippen LogP contribution in [0.5, 0.6) is 0 Å². The van der Waals surface area contributed by atoms with Gasteiger partial charge in [-0.1, -0.05) is 6.92 Å². The van der Waals surface area contributed by atoms with Gasteiger partial charge in [0.25, 0.3) is 0 Å². The Balaban J connectivity index is 2.23. The topological polar surface area (TPSA) is 71.1 Å². The van der Waals surface area contributed by atoms with Crippen LogP contribution in [0.4, 0.5) is 0 Å². The summed E-state index contributed by atoms with van der Waals surface area (Å²) in [6.45, 7) is 4.09. The van der Waals surface area contributed by atoms with Crippen LogP contribution in [0.3, 0.4) is 0 Å². The van der Waals surface area contributed by atoms with Crippen molar-refractivity contribution in [3.63, 3.8) is 0 Å². The van der Waals surface area contributed by atoms with Gasteiger partial charge in [-0.05, 0) is 43.6 Å². The zero-order valence-electron chi connectivity index (χ0n) is 10.7. The predicted octanol–water partition coefficient (Wildman–Crippen LogP) is 0.891. The van der Waals surface area contributed by atoms with E-state index in [0.717, 1.165) is 25.1 Å². The third-order valence-electron chi connectivity index (χ3n) is 2.44. The maximum Gasteiger partial charge on any atom is 0.211 e. The molecule has 0 unspecified atom stereocenters. The predicted molar refractivity (Wildman–Crippen MR) is 72.6 cm³/mol. The van der Waals surface area contributed by atoms with E-state index in [4.69, 9.17) is 0 Å². The van der Waals surface area contributed by atoms with Gasteiger partial charge in [-0.2, -0.15) is 0 Å². The molecule has 0 saturated heterocycles. The Morgan fingerprint density at radius 2 is 1.94 bits per heavy atom. The fourth-order valence-electron chi connectivity index (χ4n) is 1.46. The minimum absolute atomic E-state index is 0.162. The minimum Gasteiger partial charge on any atom is -0.317 e. The minimum atomic E-state index is -3.18. The SMILES string of the molecule is CCCNCCCS(=O)(=O)NCc1ccncc1. The average molecular weight is 271 g/mol. The second kappa shape index (κ2) is 8.18. The zero-order chi connectivity index (χ0) is 13.3. The van der Waals surface area contributed by atoms with E-state index in [2.05, 4.69) is 21.9 Å². The molecule has 0 aliphatic carbocycles. The first-order valence-corrected chi connectivity index (χ1v) is 7.86. The number of sulfonamides is 1. The van der Waals surface area contributed by atoms with Crippen LogP contribution in [0, 0.1) is 0 Å². The Morgan fingerprint density at radius 1 is 1.22 bits per heavy atom. The van der Waals surface area contributed by atoms with Gasteiger partial charge in [-0.15, -0.1) is 0 Å². The third kappa shape index (κ3) is 6.68. The zero-order valence-corrected chi connectivity index (χ0v) is 11.5. The molecule has 6 heteroatoms. The van der Waals surface area contributed by atoms with Gasteiger partial charge in [0.15, 0.2) is 0 Å². The molecule has 0 aliphatic rings. The number of nitrogens with one attached hydrogen (secondary N) is 2. The fraction of sp³-hybridized carbons (Fsp3) is 0.583. The summed E-state index contributed by atoms with van der Waals surface area (Å²) in [5.41, 5.74) is 0.915. The van der Waals surface area contributed by atoms with Gasteiger partial charge in [0.1, 0.15) is 0 Å². The van der Waals surface area contributed by atoms with Crippen LogP contribution < -0.4 is 10.0 Å². The van der Waals surface area contributed by atoms with E-state index >= 15 is 0 Å². The first-order valence-electron chi connectivity index (χ1n) is 6.21. The first-order chi connectivity index (χ1) is 8.64. The number of hydrogen-bond donors (Lipinski definition) is 2. The van der Waals surface area contributed by atoms with Crippen LogP contribution in [-0.4, -0.2) is 32.2 Å². The molecule has 102 valence electrons. The molecule has 0 amide bonds. The highest BCUT2D eigenvalue weighted by molar-refractivity contribution is 7.89. The van der Waals surface area contributed by atoms with Crippen molar-refractivity contribution in [2.75, 3.05) is 18.8 Å². The van der Waals surface area contributed by atoms with E-state index in [9.17, 15) is 8.42 Å². The van der Waals surface area contributed by atoms with E-state index in [1.165, 1.54) is 0 Å². The molecule has 0 atom stereocenters. The van der Waals surface area contributed by atoms with Gasteiger partial charge < -0.3 is 5.32 Å². The summed E-state index contributed by atoms with van der Waals surface area (Å²) in [6, 6.07) is 3.59. The lowest BCUT2D eigenvalue weighted by Gasteiger charge is -2.07. The molecular weight excluding hydrogens is 250 g/mol. The third-order valence-corrected chi connectivity index (χ3v) is 3.85. The van der Waals surface area contributed by atoms with E-state index in [-0.39, 0.29) is 5.75 Å². The first kappa shape index (κ1) is 15.1. The molecule has 2 N–H and O–H groups in total. The maximum atomic E-state index is 11.7. The lowest BCUT2D eigenvalue weighted by atomic mass is 10.3. The molecule has 0 radical (unpaired) electrons. The Bertz CT molecular complexity index is 420. The second-order valence-electron chi connectivity index (χ2n) is 4.10. The fourth-order valence-corrected chi connectivity index (χ4v) is 2.51. The molecule has 1 heterocycles. The van der Waals surface area contributed by atoms with E-state index < -0.39 is 10.0 Å². The molecule has 0 bridgehead atoms. The van der Waals surface area contributed by atoms with Gasteiger partial charge in [0, 0.05) is 18.9 Å². The number of pyridine rings is 1. The van der Waals surface area contributed by atoms with Crippen LogP contribution in [0.25, 0.3) is 0 Å². The summed E-state index contributed by atoms with van der Waals surface area (Å²) < 4.78 is 25.9. The Hall–Kier alpha value is -0.980. The van der Waals surface area contributed by atoms with Crippen molar-refractivity contribution in [1.82, 2.24) is 15.0 Å². The largest absolute Gasteiger partial charge is 0.317 e. The van der Waals surface area contributed by atoms with Crippen molar-refractivity contribution in [1.29, 1.82) is 0 Å². The summed E-state index contributed by atoms with van der Waals surface area (Å²) in [4.78, 5) is 3.88. The number of aromatic nitrogens is 1. The van der Waals surface area contributed by atoms with Crippen LogP contribution in [0.1, 0.15) is 25.3 Å². The van der Waals surface area contributed by atoms with Crippen molar-refractivity contribution in [2.45, 2.75) is 26.3 Å². The summed E-state index contributed by atoms with van der Waals surface area (Å²) in [6.07, 6.45) is 5.00. The van der Waals surface area contributed by atoms with Crippen LogP contribution in [0.15, 0.2) is 24.5 Å². The molecule has 1 aromatic heterocycles. The van der Waals surface area contributed by atoms with Gasteiger partial charge >= 0.3 is 0 Å². The number of hydrogen-bond acceptors (Lipinski definition) is 4. The molecule has 5 nitrogen and oxygen atoms in total. The number of rotatable bonds is 9. The van der Waals surface area contributed by atoms with Crippen LogP contribution in [-0.2, 0) is 16.6 Å². The molecular formula is C12H21N3O2S. The van der Waals surface area contributed by atoms with E-state index in [1.54, 1.807) is 24.5 Å². The van der Waals surface area contributed by atoms with Crippen LogP contribution in [0.2, 0.25) is 0 Å². The monoisotopic (exact) mass is 271 g/mol. The Kier molecular flexibility index (Phi) is 6.85. The summed E-state index contributed by atoms with van der Waals surface area (Å²) >= 11 is 0. The quantitative estimate of drug-likeness (QED) is 0.654. The highest BCUT2D eigenvalue weighted by Gasteiger charge is 2.08. The molecule has 0 saturated carbocycles. The smallest absolute Gasteiger partial charge is 0.211 e. The number of nitrogens with zero attached hydrogens (tertiary/aromatic N) is 1. The summed E-state index contributed by atoms with van der Waals surface area (Å²) in [5, 5.41) is 3.18. The molecule has 0 fully saturated rings. The van der Waals surface area contributed by atoms with Crippen molar-refractivity contribution in [2.24, 2.45) is 0 Å². The Labute approximate surface area is 109 Å². The van der Waals surface area contributed by atoms with Crippen LogP contribution >= 0.6 is 0 Å². The molecule has 1 aromatic rings. The molecule has 0 aliphatic heterocycles. The van der Waals surface area contributed by atoms with Crippen molar-refractivity contribution in [3.05, 3.63) is 30.1 Å². The molecule has 0 aromatic carbocycles. The van der Waals surface area contributed by atoms with Crippen molar-refractivity contribution in [3.8, 4) is 0 Å². The highest BCUT2D eigenvalue weighted by Crippen LogP contribution is 1.97. The highest BCUT2D eigenvalue weighted by atomic mass is 32.2. The maximum absolute atomic E-state index is 11.7. The Morgan fingerprint density at radius 3 is 2.61 bits per heavy atom. The van der Waals surface area contributed by atoms with Gasteiger partial charge in [0.2, 0.25) is 10.0 Å². The average Bonchev–Trinajstić information content (AvgIpc) is 2.38. The molecule has 0 spiro atoms. The van der Waals surface area contributed by atoms with Crippen molar-refractivity contribution >= 4 is 10.0 Å². The standard InChI is InChI=1S/C12H21N3O2S/c1-2-6-13-7-3-10-18(16,17)15-11-12-4-8-14-9-5-12/h4-5,8-9,13,15H,2-3,6-7,10-11H2,1H3. The van der Waals surface area contributed by atoms with E-state index in [1.807, 2.05) is 0 Å². The second-order valence-corrected chi connectivity index (χ2v) is 6.03. The summed E-state index contributed by atoms with van der Waals surface area (Å²) in [7, 11) is -3.18. The van der Waals surface area contributed by atoms with E-state index in [0.29, 0.717) is 13.0 Å². The van der Waals surface area contributed by atoms with Crippen molar-refractivity contribution < 1.29 is 8.42 Å². The molecule has 18 heavy (non-hydrogen) atoms.